The third-order valence-electron chi connectivity index (χ3n) is 4.21. The van der Waals surface area contributed by atoms with E-state index in [9.17, 15) is 27.5 Å². The quantitative estimate of drug-likeness (QED) is 0.575. The normalized spacial score (nSPS) is 15.2. The van der Waals surface area contributed by atoms with Crippen LogP contribution in [0, 0.1) is 10.1 Å². The second kappa shape index (κ2) is 8.07. The Labute approximate surface area is 164 Å². The van der Waals surface area contributed by atoms with E-state index in [0.29, 0.717) is 24.6 Å². The van der Waals surface area contributed by atoms with Crippen LogP contribution in [0.3, 0.4) is 0 Å². The first-order chi connectivity index (χ1) is 13.3. The van der Waals surface area contributed by atoms with Crippen molar-refractivity contribution in [2.75, 3.05) is 29.3 Å². The van der Waals surface area contributed by atoms with Gasteiger partial charge in [0.2, 0.25) is 0 Å². The molecule has 2 aromatic carbocycles. The Morgan fingerprint density at radius 1 is 1.11 bits per heavy atom. The summed E-state index contributed by atoms with van der Waals surface area (Å²) in [6, 6.07) is 10.8. The molecule has 148 valence electrons. The van der Waals surface area contributed by atoms with Crippen molar-refractivity contribution in [1.29, 1.82) is 0 Å². The summed E-state index contributed by atoms with van der Waals surface area (Å²) in [5.41, 5.74) is -0.122. The fraction of sp³-hybridized carbons (Fsp3) is 0.235. The Kier molecular flexibility index (Phi) is 5.75. The zero-order valence-electron chi connectivity index (χ0n) is 14.6. The second-order valence-electron chi connectivity index (χ2n) is 6.05. The molecule has 1 N–H and O–H groups in total. The summed E-state index contributed by atoms with van der Waals surface area (Å²) in [6.07, 6.45) is 0. The standard InChI is InChI=1S/C17H17N3O6S2/c21-17(19-8-10-27(24)11-9-19)15-6-1-2-7-16(15)18-28(25,26)14-5-3-4-13(12-14)20(22)23/h1-7,12,18H,8-11H2. The largest absolute Gasteiger partial charge is 0.337 e. The first-order valence-electron chi connectivity index (χ1n) is 8.28. The van der Waals surface area contributed by atoms with Crippen LogP contribution in [0.25, 0.3) is 0 Å². The van der Waals surface area contributed by atoms with E-state index in [2.05, 4.69) is 4.72 Å². The first-order valence-corrected chi connectivity index (χ1v) is 11.3. The van der Waals surface area contributed by atoms with Gasteiger partial charge in [0, 0.05) is 47.5 Å². The van der Waals surface area contributed by atoms with Crippen molar-refractivity contribution in [2.45, 2.75) is 4.90 Å². The number of hydrogen-bond acceptors (Lipinski definition) is 6. The number of nitro benzene ring substituents is 1. The summed E-state index contributed by atoms with van der Waals surface area (Å²) in [5, 5.41) is 10.9. The number of sulfonamides is 1. The van der Waals surface area contributed by atoms with Gasteiger partial charge < -0.3 is 4.90 Å². The summed E-state index contributed by atoms with van der Waals surface area (Å²) in [4.78, 5) is 24.3. The van der Waals surface area contributed by atoms with Crippen LogP contribution >= 0.6 is 0 Å². The number of non-ortho nitro benzene ring substituents is 1. The lowest BCUT2D eigenvalue weighted by molar-refractivity contribution is -0.385. The van der Waals surface area contributed by atoms with Gasteiger partial charge in [0.25, 0.3) is 21.6 Å². The molecule has 0 saturated carbocycles. The third-order valence-corrected chi connectivity index (χ3v) is 6.84. The summed E-state index contributed by atoms with van der Waals surface area (Å²) in [6.45, 7) is 0.662. The van der Waals surface area contributed by atoms with Crippen LogP contribution in [-0.2, 0) is 20.8 Å². The van der Waals surface area contributed by atoms with Crippen LogP contribution in [0.1, 0.15) is 10.4 Å². The van der Waals surface area contributed by atoms with Crippen LogP contribution in [0.2, 0.25) is 0 Å². The molecule has 2 aromatic rings. The van der Waals surface area contributed by atoms with E-state index in [-0.39, 0.29) is 27.7 Å². The molecule has 28 heavy (non-hydrogen) atoms. The Balaban J connectivity index is 1.89. The maximum atomic E-state index is 12.8. The minimum Gasteiger partial charge on any atom is -0.337 e. The topological polar surface area (TPSA) is 127 Å². The molecule has 0 radical (unpaired) electrons. The molecule has 1 heterocycles. The lowest BCUT2D eigenvalue weighted by Gasteiger charge is -2.27. The Morgan fingerprint density at radius 2 is 1.79 bits per heavy atom. The SMILES string of the molecule is O=C(c1ccccc1NS(=O)(=O)c1cccc([N+](=O)[O-])c1)N1CCS(=O)CC1. The molecular weight excluding hydrogens is 406 g/mol. The van der Waals surface area contributed by atoms with E-state index >= 15 is 0 Å². The fourth-order valence-electron chi connectivity index (χ4n) is 2.74. The van der Waals surface area contributed by atoms with Gasteiger partial charge >= 0.3 is 0 Å². The molecule has 1 amide bonds. The summed E-state index contributed by atoms with van der Waals surface area (Å²) in [7, 11) is -5.09. The fourth-order valence-corrected chi connectivity index (χ4v) is 4.91. The van der Waals surface area contributed by atoms with Gasteiger partial charge in [-0.05, 0) is 18.2 Å². The first kappa shape index (κ1) is 20.0. The molecule has 0 unspecified atom stereocenters. The lowest BCUT2D eigenvalue weighted by atomic mass is 10.1. The third kappa shape index (κ3) is 4.37. The van der Waals surface area contributed by atoms with Crippen molar-refractivity contribution in [3.05, 3.63) is 64.2 Å². The molecule has 9 nitrogen and oxygen atoms in total. The van der Waals surface area contributed by atoms with Gasteiger partial charge in [-0.1, -0.05) is 18.2 Å². The Hall–Kier alpha value is -2.79. The highest BCUT2D eigenvalue weighted by Crippen LogP contribution is 2.24. The number of nitrogens with one attached hydrogen (secondary N) is 1. The van der Waals surface area contributed by atoms with Gasteiger partial charge in [-0.15, -0.1) is 0 Å². The number of nitrogens with zero attached hydrogens (tertiary/aromatic N) is 2. The van der Waals surface area contributed by atoms with Gasteiger partial charge in [0.15, 0.2) is 0 Å². The molecule has 1 saturated heterocycles. The minimum absolute atomic E-state index is 0.0747. The van der Waals surface area contributed by atoms with E-state index in [0.717, 1.165) is 6.07 Å². The molecule has 0 aromatic heterocycles. The molecule has 0 spiro atoms. The van der Waals surface area contributed by atoms with Crippen molar-refractivity contribution < 1.29 is 22.3 Å². The molecule has 0 bridgehead atoms. The van der Waals surface area contributed by atoms with Crippen molar-refractivity contribution >= 4 is 38.1 Å². The smallest absolute Gasteiger partial charge is 0.270 e. The number of hydrogen-bond donors (Lipinski definition) is 1. The van der Waals surface area contributed by atoms with E-state index < -0.39 is 25.7 Å². The number of anilines is 1. The van der Waals surface area contributed by atoms with Crippen molar-refractivity contribution in [1.82, 2.24) is 4.90 Å². The summed E-state index contributed by atoms with van der Waals surface area (Å²) >= 11 is 0. The molecular formula is C17H17N3O6S2. The number of rotatable bonds is 5. The summed E-state index contributed by atoms with van der Waals surface area (Å²) in [5.74, 6) is 0.398. The van der Waals surface area contributed by atoms with E-state index in [4.69, 9.17) is 0 Å². The van der Waals surface area contributed by atoms with E-state index in [1.165, 1.54) is 35.2 Å². The monoisotopic (exact) mass is 423 g/mol. The zero-order chi connectivity index (χ0) is 20.3. The highest BCUT2D eigenvalue weighted by molar-refractivity contribution is 7.92. The number of nitro groups is 1. The molecule has 1 aliphatic heterocycles. The van der Waals surface area contributed by atoms with E-state index in [1.807, 2.05) is 0 Å². The number of benzene rings is 2. The van der Waals surface area contributed by atoms with Crippen molar-refractivity contribution in [3.8, 4) is 0 Å². The second-order valence-corrected chi connectivity index (χ2v) is 9.42. The van der Waals surface area contributed by atoms with Crippen LogP contribution in [-0.4, -0.2) is 53.0 Å². The zero-order valence-corrected chi connectivity index (χ0v) is 16.2. The molecule has 0 atom stereocenters. The summed E-state index contributed by atoms with van der Waals surface area (Å²) < 4.78 is 39.2. The number of para-hydroxylation sites is 1. The highest BCUT2D eigenvalue weighted by Gasteiger charge is 2.25. The number of carbonyl (C=O) groups excluding carboxylic acids is 1. The van der Waals surface area contributed by atoms with Crippen LogP contribution in [0.5, 0.6) is 0 Å². The van der Waals surface area contributed by atoms with Gasteiger partial charge in [-0.2, -0.15) is 0 Å². The van der Waals surface area contributed by atoms with Gasteiger partial charge in [0.05, 0.1) is 21.1 Å². The van der Waals surface area contributed by atoms with Crippen LogP contribution < -0.4 is 4.72 Å². The predicted molar refractivity (Wildman–Crippen MR) is 104 cm³/mol. The number of carbonyl (C=O) groups is 1. The maximum Gasteiger partial charge on any atom is 0.270 e. The average Bonchev–Trinajstić information content (AvgIpc) is 2.68. The Bertz CT molecular complexity index is 1040. The van der Waals surface area contributed by atoms with E-state index in [1.54, 1.807) is 12.1 Å². The van der Waals surface area contributed by atoms with Crippen LogP contribution in [0.15, 0.2) is 53.4 Å². The average molecular weight is 423 g/mol. The molecule has 1 fully saturated rings. The minimum atomic E-state index is -4.14. The Morgan fingerprint density at radius 3 is 2.46 bits per heavy atom. The maximum absolute atomic E-state index is 12.8. The molecule has 1 aliphatic rings. The lowest BCUT2D eigenvalue weighted by Crippen LogP contribution is -2.42. The molecule has 11 heteroatoms. The van der Waals surface area contributed by atoms with Crippen molar-refractivity contribution in [2.24, 2.45) is 0 Å². The molecule has 0 aliphatic carbocycles. The number of amides is 1. The van der Waals surface area contributed by atoms with Crippen LogP contribution in [0.4, 0.5) is 11.4 Å². The molecule has 3 rings (SSSR count). The van der Waals surface area contributed by atoms with Crippen molar-refractivity contribution in [3.63, 3.8) is 0 Å². The van der Waals surface area contributed by atoms with Gasteiger partial charge in [-0.3, -0.25) is 23.8 Å². The van der Waals surface area contributed by atoms with Gasteiger partial charge in [-0.25, -0.2) is 8.42 Å². The highest BCUT2D eigenvalue weighted by atomic mass is 32.2. The van der Waals surface area contributed by atoms with Gasteiger partial charge in [0.1, 0.15) is 0 Å². The predicted octanol–water partition coefficient (Wildman–Crippen LogP) is 1.60.